The lowest BCUT2D eigenvalue weighted by Crippen LogP contribution is -1.88. The van der Waals surface area contributed by atoms with E-state index in [4.69, 9.17) is 23.2 Å². The van der Waals surface area contributed by atoms with Crippen molar-refractivity contribution in [3.63, 3.8) is 0 Å². The van der Waals surface area contributed by atoms with Crippen LogP contribution in [0.15, 0.2) is 41.2 Å². The molecule has 0 saturated carbocycles. The summed E-state index contributed by atoms with van der Waals surface area (Å²) in [4.78, 5) is 7.75. The number of imidazole rings is 1. The molecule has 5 heteroatoms. The van der Waals surface area contributed by atoms with E-state index in [2.05, 4.69) is 26.8 Å². The molecular weight excluding hydrogens is 299 g/mol. The highest BCUT2D eigenvalue weighted by Crippen LogP contribution is 2.29. The molecule has 0 amide bonds. The van der Waals surface area contributed by atoms with Gasteiger partial charge in [0.1, 0.15) is 5.82 Å². The first-order chi connectivity index (χ1) is 9.22. The number of rotatable bonds is 3. The maximum Gasteiger partial charge on any atom is 0.111 e. The summed E-state index contributed by atoms with van der Waals surface area (Å²) in [6.07, 6.45) is 2.67. The number of thiophene rings is 1. The molecule has 0 aliphatic carbocycles. The van der Waals surface area contributed by atoms with Gasteiger partial charge in [0.25, 0.3) is 0 Å². The zero-order valence-electron chi connectivity index (χ0n) is 9.86. The summed E-state index contributed by atoms with van der Waals surface area (Å²) in [6.45, 7) is 0. The highest BCUT2D eigenvalue weighted by atomic mass is 35.5. The summed E-state index contributed by atoms with van der Waals surface area (Å²) in [7, 11) is 0. The third-order valence-electron chi connectivity index (χ3n) is 2.79. The molecule has 96 valence electrons. The Bertz CT molecular complexity index is 689. The normalized spacial score (nSPS) is 10.8. The number of benzene rings is 1. The summed E-state index contributed by atoms with van der Waals surface area (Å²) in [5.41, 5.74) is 2.99. The summed E-state index contributed by atoms with van der Waals surface area (Å²) in [5, 5.41) is 5.43. The zero-order valence-corrected chi connectivity index (χ0v) is 12.2. The molecule has 0 aliphatic rings. The number of aromatic nitrogens is 2. The van der Waals surface area contributed by atoms with E-state index in [1.807, 2.05) is 18.3 Å². The Balaban J connectivity index is 1.88. The first-order valence-corrected chi connectivity index (χ1v) is 7.43. The van der Waals surface area contributed by atoms with Gasteiger partial charge in [-0.05, 0) is 40.6 Å². The highest BCUT2D eigenvalue weighted by molar-refractivity contribution is 7.07. The second-order valence-corrected chi connectivity index (χ2v) is 5.79. The molecule has 0 atom stereocenters. The van der Waals surface area contributed by atoms with E-state index in [9.17, 15) is 0 Å². The van der Waals surface area contributed by atoms with E-state index in [-0.39, 0.29) is 0 Å². The smallest absolute Gasteiger partial charge is 0.111 e. The van der Waals surface area contributed by atoms with Gasteiger partial charge < -0.3 is 4.98 Å². The number of hydrogen-bond donors (Lipinski definition) is 1. The van der Waals surface area contributed by atoms with Crippen molar-refractivity contribution in [3.8, 4) is 11.3 Å². The second-order valence-electron chi connectivity index (χ2n) is 4.16. The molecule has 0 aliphatic heterocycles. The van der Waals surface area contributed by atoms with Crippen molar-refractivity contribution in [2.24, 2.45) is 0 Å². The van der Waals surface area contributed by atoms with Gasteiger partial charge in [-0.2, -0.15) is 11.3 Å². The number of aromatic amines is 1. The summed E-state index contributed by atoms with van der Waals surface area (Å²) in [6, 6.07) is 7.53. The largest absolute Gasteiger partial charge is 0.348 e. The Hall–Kier alpha value is -1.29. The average molecular weight is 309 g/mol. The molecular formula is C14H10Cl2N2S. The fraction of sp³-hybridized carbons (Fsp3) is 0.0714. The molecule has 19 heavy (non-hydrogen) atoms. The molecule has 2 nitrogen and oxygen atoms in total. The molecule has 2 aromatic heterocycles. The van der Waals surface area contributed by atoms with E-state index < -0.39 is 0 Å². The lowest BCUT2D eigenvalue weighted by Gasteiger charge is -2.00. The highest BCUT2D eigenvalue weighted by Gasteiger charge is 2.09. The number of halogens is 2. The zero-order chi connectivity index (χ0) is 13.2. The van der Waals surface area contributed by atoms with Gasteiger partial charge in [0.05, 0.1) is 10.7 Å². The molecule has 1 aromatic carbocycles. The molecule has 0 unspecified atom stereocenters. The number of H-pyrrole nitrogens is 1. The molecule has 0 fully saturated rings. The van der Waals surface area contributed by atoms with Crippen molar-refractivity contribution in [2.75, 3.05) is 0 Å². The maximum atomic E-state index is 6.18. The van der Waals surface area contributed by atoms with Crippen LogP contribution in [0.1, 0.15) is 11.4 Å². The van der Waals surface area contributed by atoms with Gasteiger partial charge in [0.15, 0.2) is 0 Å². The van der Waals surface area contributed by atoms with Gasteiger partial charge in [0.2, 0.25) is 0 Å². The van der Waals surface area contributed by atoms with Crippen molar-refractivity contribution in [2.45, 2.75) is 6.42 Å². The first-order valence-electron chi connectivity index (χ1n) is 5.73. The van der Waals surface area contributed by atoms with Crippen molar-refractivity contribution >= 4 is 34.5 Å². The summed E-state index contributed by atoms with van der Waals surface area (Å²) in [5.74, 6) is 0.930. The number of nitrogens with one attached hydrogen (secondary N) is 1. The SMILES string of the molecule is Clc1ccc(-c2c[nH]c(Cc3ccsc3)n2)c(Cl)c1. The molecule has 0 spiro atoms. The average Bonchev–Trinajstić information content (AvgIpc) is 3.01. The molecule has 0 radical (unpaired) electrons. The van der Waals surface area contributed by atoms with E-state index in [0.717, 1.165) is 23.5 Å². The lowest BCUT2D eigenvalue weighted by atomic mass is 10.2. The monoisotopic (exact) mass is 308 g/mol. The quantitative estimate of drug-likeness (QED) is 0.721. The molecule has 0 bridgehead atoms. The van der Waals surface area contributed by atoms with E-state index in [1.165, 1.54) is 5.56 Å². The Morgan fingerprint density at radius 2 is 2.11 bits per heavy atom. The lowest BCUT2D eigenvalue weighted by molar-refractivity contribution is 1.03. The van der Waals surface area contributed by atoms with Crippen LogP contribution in [-0.4, -0.2) is 9.97 Å². The predicted octanol–water partition coefficient (Wildman–Crippen LogP) is 5.04. The first kappa shape index (κ1) is 12.7. The molecule has 3 rings (SSSR count). The molecule has 2 heterocycles. The van der Waals surface area contributed by atoms with Crippen LogP contribution in [0.25, 0.3) is 11.3 Å². The minimum atomic E-state index is 0.612. The van der Waals surface area contributed by atoms with Crippen molar-refractivity contribution in [1.29, 1.82) is 0 Å². The minimum absolute atomic E-state index is 0.612. The Morgan fingerprint density at radius 1 is 1.21 bits per heavy atom. The van der Waals surface area contributed by atoms with Crippen LogP contribution < -0.4 is 0 Å². The van der Waals surface area contributed by atoms with E-state index in [0.29, 0.717) is 10.0 Å². The van der Waals surface area contributed by atoms with Crippen LogP contribution in [0.5, 0.6) is 0 Å². The minimum Gasteiger partial charge on any atom is -0.348 e. The van der Waals surface area contributed by atoms with Gasteiger partial charge >= 0.3 is 0 Å². The second kappa shape index (κ2) is 5.37. The van der Waals surface area contributed by atoms with E-state index >= 15 is 0 Å². The van der Waals surface area contributed by atoms with Crippen LogP contribution in [-0.2, 0) is 6.42 Å². The Kier molecular flexibility index (Phi) is 3.60. The van der Waals surface area contributed by atoms with Gasteiger partial charge in [-0.25, -0.2) is 4.98 Å². The predicted molar refractivity (Wildman–Crippen MR) is 81.2 cm³/mol. The maximum absolute atomic E-state index is 6.18. The van der Waals surface area contributed by atoms with Gasteiger partial charge in [-0.3, -0.25) is 0 Å². The van der Waals surface area contributed by atoms with Crippen LogP contribution in [0.4, 0.5) is 0 Å². The Labute approximate surface area is 125 Å². The number of hydrogen-bond acceptors (Lipinski definition) is 2. The topological polar surface area (TPSA) is 28.7 Å². The molecule has 1 N–H and O–H groups in total. The van der Waals surface area contributed by atoms with Crippen molar-refractivity contribution in [3.05, 3.63) is 62.7 Å². The molecule has 3 aromatic rings. The summed E-state index contributed by atoms with van der Waals surface area (Å²) >= 11 is 13.8. The van der Waals surface area contributed by atoms with Crippen molar-refractivity contribution < 1.29 is 0 Å². The van der Waals surface area contributed by atoms with Crippen LogP contribution in [0.2, 0.25) is 10.0 Å². The fourth-order valence-corrected chi connectivity index (χ4v) is 3.05. The number of nitrogens with zero attached hydrogens (tertiary/aromatic N) is 1. The van der Waals surface area contributed by atoms with Crippen LogP contribution in [0, 0.1) is 0 Å². The Morgan fingerprint density at radius 3 is 2.84 bits per heavy atom. The fourth-order valence-electron chi connectivity index (χ4n) is 1.87. The van der Waals surface area contributed by atoms with Gasteiger partial charge in [-0.1, -0.05) is 23.2 Å². The van der Waals surface area contributed by atoms with Crippen molar-refractivity contribution in [1.82, 2.24) is 9.97 Å². The van der Waals surface area contributed by atoms with Crippen LogP contribution >= 0.6 is 34.5 Å². The van der Waals surface area contributed by atoms with Gasteiger partial charge in [0, 0.05) is 23.2 Å². The summed E-state index contributed by atoms with van der Waals surface area (Å²) < 4.78 is 0. The van der Waals surface area contributed by atoms with Gasteiger partial charge in [-0.15, -0.1) is 0 Å². The third-order valence-corrected chi connectivity index (χ3v) is 4.07. The third kappa shape index (κ3) is 2.84. The van der Waals surface area contributed by atoms with E-state index in [1.54, 1.807) is 17.4 Å². The molecule has 0 saturated heterocycles. The standard InChI is InChI=1S/C14H10Cl2N2S/c15-10-1-2-11(12(16)6-10)13-7-17-14(18-13)5-9-3-4-19-8-9/h1-4,6-8H,5H2,(H,17,18). The van der Waals surface area contributed by atoms with Crippen LogP contribution in [0.3, 0.4) is 0 Å².